The molecule has 17 heavy (non-hydrogen) atoms. The molecule has 1 atom stereocenters. The summed E-state index contributed by atoms with van der Waals surface area (Å²) in [6.45, 7) is 3.70. The molecule has 1 fully saturated rings. The third-order valence-electron chi connectivity index (χ3n) is 3.17. The molecule has 0 spiro atoms. The fourth-order valence-electron chi connectivity index (χ4n) is 2.11. The van der Waals surface area contributed by atoms with Crippen molar-refractivity contribution < 1.29 is 19.5 Å². The highest BCUT2D eigenvalue weighted by atomic mass is 16.7. The van der Waals surface area contributed by atoms with Crippen LogP contribution in [0.15, 0.2) is 0 Å². The average Bonchev–Trinajstić information content (AvgIpc) is 2.20. The molecular weight excluding hydrogens is 224 g/mol. The van der Waals surface area contributed by atoms with Gasteiger partial charge in [0, 0.05) is 6.04 Å². The molecule has 1 aliphatic rings. The number of amides is 2. The Labute approximate surface area is 101 Å². The van der Waals surface area contributed by atoms with Crippen LogP contribution in [0.2, 0.25) is 0 Å². The average molecular weight is 244 g/mol. The molecule has 1 rings (SSSR count). The van der Waals surface area contributed by atoms with E-state index in [2.05, 4.69) is 29.5 Å². The summed E-state index contributed by atoms with van der Waals surface area (Å²) in [5.74, 6) is -1.12. The second-order valence-corrected chi connectivity index (χ2v) is 5.04. The number of rotatable bonds is 4. The number of hydrogen-bond donors (Lipinski definition) is 3. The molecule has 2 amide bonds. The lowest BCUT2D eigenvalue weighted by Gasteiger charge is -2.38. The van der Waals surface area contributed by atoms with Crippen LogP contribution in [0.25, 0.3) is 0 Å². The predicted molar refractivity (Wildman–Crippen MR) is 61.3 cm³/mol. The van der Waals surface area contributed by atoms with Gasteiger partial charge < -0.3 is 10.4 Å². The number of urea groups is 1. The number of carbonyl (C=O) groups excluding carboxylic acids is 1. The monoisotopic (exact) mass is 244 g/mol. The maximum atomic E-state index is 11.4. The van der Waals surface area contributed by atoms with Gasteiger partial charge in [-0.25, -0.2) is 15.1 Å². The summed E-state index contributed by atoms with van der Waals surface area (Å²) in [6, 6.07) is -0.379. The van der Waals surface area contributed by atoms with E-state index in [1.807, 2.05) is 0 Å². The van der Waals surface area contributed by atoms with Crippen molar-refractivity contribution in [3.63, 3.8) is 0 Å². The van der Waals surface area contributed by atoms with Gasteiger partial charge in [-0.05, 0) is 18.3 Å². The number of hydrogen-bond acceptors (Lipinski definition) is 3. The second kappa shape index (κ2) is 5.86. The van der Waals surface area contributed by atoms with E-state index in [1.54, 1.807) is 0 Å². The van der Waals surface area contributed by atoms with E-state index in [9.17, 15) is 9.59 Å². The first-order valence-corrected chi connectivity index (χ1v) is 5.82. The van der Waals surface area contributed by atoms with E-state index >= 15 is 0 Å². The summed E-state index contributed by atoms with van der Waals surface area (Å²) in [5.41, 5.74) is 2.14. The number of carboxylic acids is 1. The van der Waals surface area contributed by atoms with E-state index in [0.717, 1.165) is 19.3 Å². The fourth-order valence-corrected chi connectivity index (χ4v) is 2.11. The molecular formula is C11H20N2O4. The molecule has 0 heterocycles. The zero-order chi connectivity index (χ0) is 12.9. The Bertz CT molecular complexity index is 291. The Balaban J connectivity index is 2.32. The van der Waals surface area contributed by atoms with E-state index in [4.69, 9.17) is 5.11 Å². The summed E-state index contributed by atoms with van der Waals surface area (Å²) in [6.07, 6.45) is 4.31. The maximum absolute atomic E-state index is 11.4. The van der Waals surface area contributed by atoms with Crippen molar-refractivity contribution in [1.29, 1.82) is 0 Å². The van der Waals surface area contributed by atoms with E-state index < -0.39 is 18.6 Å². The second-order valence-electron chi connectivity index (χ2n) is 5.04. The van der Waals surface area contributed by atoms with E-state index in [1.165, 1.54) is 6.42 Å². The van der Waals surface area contributed by atoms with Gasteiger partial charge in [-0.1, -0.05) is 26.7 Å². The number of carboxylic acid groups (broad SMARTS) is 1. The molecule has 3 N–H and O–H groups in total. The minimum Gasteiger partial charge on any atom is -0.479 e. The SMILES string of the molecule is CC1(C)CCCCC1NC(=O)NOCC(=O)O. The highest BCUT2D eigenvalue weighted by Gasteiger charge is 2.33. The standard InChI is InChI=1S/C11H20N2O4/c1-11(2)6-4-3-5-8(11)12-10(16)13-17-7-9(14)15/h8H,3-7H2,1-2H3,(H,14,15)(H2,12,13,16). The van der Waals surface area contributed by atoms with Crippen LogP contribution in [0.3, 0.4) is 0 Å². The first-order valence-electron chi connectivity index (χ1n) is 5.82. The minimum atomic E-state index is -1.12. The van der Waals surface area contributed by atoms with Gasteiger partial charge in [-0.2, -0.15) is 0 Å². The lowest BCUT2D eigenvalue weighted by molar-refractivity contribution is -0.144. The molecule has 0 aromatic carbocycles. The highest BCUT2D eigenvalue weighted by Crippen LogP contribution is 2.35. The third-order valence-corrected chi connectivity index (χ3v) is 3.17. The molecule has 98 valence electrons. The van der Waals surface area contributed by atoms with Crippen LogP contribution in [0.1, 0.15) is 39.5 Å². The van der Waals surface area contributed by atoms with E-state index in [0.29, 0.717) is 0 Å². The molecule has 6 heteroatoms. The van der Waals surface area contributed by atoms with Gasteiger partial charge in [0.15, 0.2) is 6.61 Å². The molecule has 0 aromatic heterocycles. The molecule has 0 aromatic rings. The summed E-state index contributed by atoms with van der Waals surface area (Å²) >= 11 is 0. The highest BCUT2D eigenvalue weighted by molar-refractivity contribution is 5.73. The first-order chi connectivity index (χ1) is 7.92. The normalized spacial score (nSPS) is 22.8. The molecule has 0 saturated heterocycles. The summed E-state index contributed by atoms with van der Waals surface area (Å²) < 4.78 is 0. The Hall–Kier alpha value is -1.30. The fraction of sp³-hybridized carbons (Fsp3) is 0.818. The molecule has 6 nitrogen and oxygen atoms in total. The molecule has 0 aliphatic heterocycles. The molecule has 1 unspecified atom stereocenters. The van der Waals surface area contributed by atoms with Crippen molar-refractivity contribution in [2.75, 3.05) is 6.61 Å². The van der Waals surface area contributed by atoms with Crippen LogP contribution in [0.4, 0.5) is 4.79 Å². The van der Waals surface area contributed by atoms with Gasteiger partial charge in [-0.3, -0.25) is 4.84 Å². The van der Waals surface area contributed by atoms with Gasteiger partial charge in [-0.15, -0.1) is 0 Å². The first kappa shape index (κ1) is 13.8. The summed E-state index contributed by atoms with van der Waals surface area (Å²) in [5, 5.41) is 11.1. The number of carbonyl (C=O) groups is 2. The molecule has 1 aliphatic carbocycles. The van der Waals surface area contributed by atoms with Crippen molar-refractivity contribution in [3.8, 4) is 0 Å². The molecule has 1 saturated carbocycles. The number of nitrogens with one attached hydrogen (secondary N) is 2. The van der Waals surface area contributed by atoms with Crippen molar-refractivity contribution >= 4 is 12.0 Å². The van der Waals surface area contributed by atoms with Gasteiger partial charge in [0.1, 0.15) is 0 Å². The third kappa shape index (κ3) is 4.60. The van der Waals surface area contributed by atoms with Crippen LogP contribution in [-0.2, 0) is 9.63 Å². The quantitative estimate of drug-likeness (QED) is 0.650. The van der Waals surface area contributed by atoms with E-state index in [-0.39, 0.29) is 11.5 Å². The van der Waals surface area contributed by atoms with Crippen LogP contribution >= 0.6 is 0 Å². The minimum absolute atomic E-state index is 0.0718. The van der Waals surface area contributed by atoms with Crippen LogP contribution in [0, 0.1) is 5.41 Å². The van der Waals surface area contributed by atoms with Gasteiger partial charge in [0.25, 0.3) is 0 Å². The summed E-state index contributed by atoms with van der Waals surface area (Å²) in [4.78, 5) is 26.1. The van der Waals surface area contributed by atoms with Crippen molar-refractivity contribution in [1.82, 2.24) is 10.8 Å². The molecule has 0 radical (unpaired) electrons. The van der Waals surface area contributed by atoms with Crippen molar-refractivity contribution in [3.05, 3.63) is 0 Å². The summed E-state index contributed by atoms with van der Waals surface area (Å²) in [7, 11) is 0. The van der Waals surface area contributed by atoms with Crippen LogP contribution in [0.5, 0.6) is 0 Å². The smallest absolute Gasteiger partial charge is 0.338 e. The van der Waals surface area contributed by atoms with Crippen LogP contribution in [-0.4, -0.2) is 29.8 Å². The Morgan fingerprint density at radius 2 is 2.12 bits per heavy atom. The maximum Gasteiger partial charge on any atom is 0.338 e. The lowest BCUT2D eigenvalue weighted by Crippen LogP contribution is -2.50. The zero-order valence-corrected chi connectivity index (χ0v) is 10.3. The van der Waals surface area contributed by atoms with Gasteiger partial charge in [0.2, 0.25) is 0 Å². The van der Waals surface area contributed by atoms with Crippen molar-refractivity contribution in [2.45, 2.75) is 45.6 Å². The van der Waals surface area contributed by atoms with Crippen LogP contribution < -0.4 is 10.8 Å². The Morgan fingerprint density at radius 1 is 1.41 bits per heavy atom. The molecule has 0 bridgehead atoms. The number of aliphatic carboxylic acids is 1. The lowest BCUT2D eigenvalue weighted by atomic mass is 9.73. The Kier molecular flexibility index (Phi) is 4.74. The number of hydroxylamine groups is 1. The van der Waals surface area contributed by atoms with Gasteiger partial charge in [0.05, 0.1) is 0 Å². The Morgan fingerprint density at radius 3 is 2.71 bits per heavy atom. The van der Waals surface area contributed by atoms with Crippen molar-refractivity contribution in [2.24, 2.45) is 5.41 Å². The van der Waals surface area contributed by atoms with Gasteiger partial charge >= 0.3 is 12.0 Å². The topological polar surface area (TPSA) is 87.7 Å². The largest absolute Gasteiger partial charge is 0.479 e. The predicted octanol–water partition coefficient (Wildman–Crippen LogP) is 1.27. The zero-order valence-electron chi connectivity index (χ0n) is 10.3.